The van der Waals surface area contributed by atoms with Crippen LogP contribution in [0.25, 0.3) is 10.8 Å². The molecule has 1 aliphatic rings. The Morgan fingerprint density at radius 2 is 2.11 bits per heavy atom. The van der Waals surface area contributed by atoms with Gasteiger partial charge in [-0.25, -0.2) is 5.43 Å². The molecule has 1 unspecified atom stereocenters. The number of nitrogens with one attached hydrogen (secondary N) is 1. The van der Waals surface area contributed by atoms with Crippen LogP contribution in [0.15, 0.2) is 64.3 Å². The van der Waals surface area contributed by atoms with Gasteiger partial charge in [0.1, 0.15) is 11.5 Å². The van der Waals surface area contributed by atoms with Gasteiger partial charge in [0.25, 0.3) is 0 Å². The molecule has 7 nitrogen and oxygen atoms in total. The van der Waals surface area contributed by atoms with Crippen molar-refractivity contribution in [1.29, 1.82) is 0 Å². The third-order valence-corrected chi connectivity index (χ3v) is 4.83. The average molecular weight is 377 g/mol. The van der Waals surface area contributed by atoms with Crippen LogP contribution in [0.4, 0.5) is 0 Å². The van der Waals surface area contributed by atoms with Crippen LogP contribution in [0.1, 0.15) is 17.7 Å². The van der Waals surface area contributed by atoms with Crippen molar-refractivity contribution in [3.05, 3.63) is 66.1 Å². The minimum Gasteiger partial charge on any atom is -0.507 e. The summed E-state index contributed by atoms with van der Waals surface area (Å²) >= 11 is 0. The van der Waals surface area contributed by atoms with Gasteiger partial charge in [0.2, 0.25) is 11.8 Å². The molecule has 7 heteroatoms. The van der Waals surface area contributed by atoms with Gasteiger partial charge in [0, 0.05) is 18.5 Å². The second-order valence-corrected chi connectivity index (χ2v) is 6.71. The van der Waals surface area contributed by atoms with Crippen LogP contribution in [-0.2, 0) is 16.1 Å². The van der Waals surface area contributed by atoms with E-state index in [9.17, 15) is 14.7 Å². The number of phenols is 1. The average Bonchev–Trinajstić information content (AvgIpc) is 3.34. The lowest BCUT2D eigenvalue weighted by Gasteiger charge is -2.14. The van der Waals surface area contributed by atoms with Crippen LogP contribution >= 0.6 is 0 Å². The van der Waals surface area contributed by atoms with Crippen LogP contribution in [0.2, 0.25) is 0 Å². The fourth-order valence-corrected chi connectivity index (χ4v) is 3.36. The van der Waals surface area contributed by atoms with Crippen LogP contribution < -0.4 is 5.43 Å². The number of hydrogen-bond acceptors (Lipinski definition) is 5. The number of aromatic hydroxyl groups is 1. The highest BCUT2D eigenvalue weighted by Gasteiger charge is 2.34. The quantitative estimate of drug-likeness (QED) is 0.528. The summed E-state index contributed by atoms with van der Waals surface area (Å²) in [7, 11) is 0. The number of nitrogens with zero attached hydrogens (tertiary/aromatic N) is 2. The molecule has 1 saturated heterocycles. The first-order valence-corrected chi connectivity index (χ1v) is 8.95. The number of benzene rings is 2. The standard InChI is InChI=1S/C21H19N3O4/c25-19-8-7-14-4-1-2-6-17(14)18(19)11-22-23-21(27)15-10-20(26)24(12-15)13-16-5-3-9-28-16/h1-9,11,15,25H,10,12-13H2,(H,23,27)/b22-11+. The molecule has 2 heterocycles. The minimum atomic E-state index is -0.472. The van der Waals surface area contributed by atoms with Crippen molar-refractivity contribution in [2.24, 2.45) is 11.0 Å². The Morgan fingerprint density at radius 1 is 1.25 bits per heavy atom. The third-order valence-electron chi connectivity index (χ3n) is 4.83. The molecule has 1 aromatic heterocycles. The SMILES string of the molecule is O=C(N/N=C/c1c(O)ccc2ccccc12)C1CC(=O)N(Cc2ccco2)C1. The second-order valence-electron chi connectivity index (χ2n) is 6.71. The third kappa shape index (κ3) is 3.59. The normalized spacial score (nSPS) is 16.9. The van der Waals surface area contributed by atoms with E-state index in [0.717, 1.165) is 10.8 Å². The van der Waals surface area contributed by atoms with Crippen molar-refractivity contribution in [3.8, 4) is 5.75 Å². The Bertz CT molecular complexity index is 1040. The van der Waals surface area contributed by atoms with Crippen molar-refractivity contribution in [1.82, 2.24) is 10.3 Å². The number of amides is 2. The van der Waals surface area contributed by atoms with E-state index in [0.29, 0.717) is 24.4 Å². The summed E-state index contributed by atoms with van der Waals surface area (Å²) in [6.45, 7) is 0.670. The number of rotatable bonds is 5. The highest BCUT2D eigenvalue weighted by molar-refractivity contribution is 6.02. The first kappa shape index (κ1) is 17.8. The van der Waals surface area contributed by atoms with E-state index in [-0.39, 0.29) is 24.0 Å². The molecule has 1 aliphatic heterocycles. The van der Waals surface area contributed by atoms with Crippen LogP contribution in [0.3, 0.4) is 0 Å². The molecule has 1 fully saturated rings. The number of carbonyl (C=O) groups is 2. The Hall–Kier alpha value is -3.61. The van der Waals surface area contributed by atoms with Crippen molar-refractivity contribution in [2.75, 3.05) is 6.54 Å². The van der Waals surface area contributed by atoms with Gasteiger partial charge in [-0.2, -0.15) is 5.10 Å². The Balaban J connectivity index is 1.41. The lowest BCUT2D eigenvalue weighted by Crippen LogP contribution is -2.30. The van der Waals surface area contributed by atoms with Gasteiger partial charge in [-0.1, -0.05) is 30.3 Å². The zero-order valence-corrected chi connectivity index (χ0v) is 15.0. The summed E-state index contributed by atoms with van der Waals surface area (Å²) in [5.41, 5.74) is 3.01. The van der Waals surface area contributed by atoms with Gasteiger partial charge < -0.3 is 14.4 Å². The van der Waals surface area contributed by atoms with Crippen LogP contribution in [0.5, 0.6) is 5.75 Å². The van der Waals surface area contributed by atoms with Gasteiger partial charge in [0.15, 0.2) is 0 Å². The lowest BCUT2D eigenvalue weighted by molar-refractivity contribution is -0.129. The molecule has 28 heavy (non-hydrogen) atoms. The second kappa shape index (κ2) is 7.56. The summed E-state index contributed by atoms with van der Waals surface area (Å²) in [4.78, 5) is 26.1. The molecule has 2 aromatic carbocycles. The molecule has 0 spiro atoms. The monoisotopic (exact) mass is 377 g/mol. The zero-order chi connectivity index (χ0) is 19.5. The minimum absolute atomic E-state index is 0.0809. The van der Waals surface area contributed by atoms with Gasteiger partial charge in [-0.3, -0.25) is 9.59 Å². The lowest BCUT2D eigenvalue weighted by atomic mass is 10.0. The molecule has 0 bridgehead atoms. The summed E-state index contributed by atoms with van der Waals surface area (Å²) in [5, 5.41) is 15.9. The van der Waals surface area contributed by atoms with Gasteiger partial charge in [0.05, 0.1) is 24.9 Å². The number of hydrogen-bond donors (Lipinski definition) is 2. The summed E-state index contributed by atoms with van der Waals surface area (Å²) in [6.07, 6.45) is 3.12. The number of carbonyl (C=O) groups excluding carboxylic acids is 2. The zero-order valence-electron chi connectivity index (χ0n) is 15.0. The first-order valence-electron chi connectivity index (χ1n) is 8.95. The van der Waals surface area contributed by atoms with Crippen molar-refractivity contribution in [3.63, 3.8) is 0 Å². The van der Waals surface area contributed by atoms with Gasteiger partial charge in [-0.15, -0.1) is 0 Å². The maximum atomic E-state index is 12.4. The smallest absolute Gasteiger partial charge is 0.245 e. The van der Waals surface area contributed by atoms with E-state index >= 15 is 0 Å². The van der Waals surface area contributed by atoms with Crippen molar-refractivity contribution >= 4 is 28.8 Å². The summed E-state index contributed by atoms with van der Waals surface area (Å²) in [5.74, 6) is -0.129. The van der Waals surface area contributed by atoms with Crippen LogP contribution in [-0.4, -0.2) is 34.6 Å². The maximum Gasteiger partial charge on any atom is 0.245 e. The largest absolute Gasteiger partial charge is 0.507 e. The molecule has 4 rings (SSSR count). The Labute approximate surface area is 161 Å². The predicted molar refractivity (Wildman–Crippen MR) is 104 cm³/mol. The summed E-state index contributed by atoms with van der Waals surface area (Å²) in [6, 6.07) is 14.6. The fourth-order valence-electron chi connectivity index (χ4n) is 3.36. The summed E-state index contributed by atoms with van der Waals surface area (Å²) < 4.78 is 5.26. The highest BCUT2D eigenvalue weighted by atomic mass is 16.3. The van der Waals surface area contributed by atoms with E-state index in [1.54, 1.807) is 29.4 Å². The maximum absolute atomic E-state index is 12.4. The van der Waals surface area contributed by atoms with E-state index in [2.05, 4.69) is 10.5 Å². The van der Waals surface area contributed by atoms with Gasteiger partial charge >= 0.3 is 0 Å². The van der Waals surface area contributed by atoms with E-state index in [1.807, 2.05) is 30.3 Å². The first-order chi connectivity index (χ1) is 13.6. The number of phenolic OH excluding ortho intramolecular Hbond substituents is 1. The molecule has 0 radical (unpaired) electrons. The molecule has 0 saturated carbocycles. The predicted octanol–water partition coefficient (Wildman–Crippen LogP) is 2.64. The topological polar surface area (TPSA) is 95.1 Å². The molecular formula is C21H19N3O4. The molecule has 0 aliphatic carbocycles. The molecule has 1 atom stereocenters. The van der Waals surface area contributed by atoms with Crippen molar-refractivity contribution < 1.29 is 19.1 Å². The number of furan rings is 1. The molecular weight excluding hydrogens is 358 g/mol. The van der Waals surface area contributed by atoms with Crippen molar-refractivity contribution in [2.45, 2.75) is 13.0 Å². The molecule has 2 amide bonds. The Morgan fingerprint density at radius 3 is 2.93 bits per heavy atom. The fraction of sp³-hybridized carbons (Fsp3) is 0.190. The molecule has 2 N–H and O–H groups in total. The van der Waals surface area contributed by atoms with E-state index < -0.39 is 5.92 Å². The number of hydrazone groups is 1. The number of fused-ring (bicyclic) bond motifs is 1. The van der Waals surface area contributed by atoms with E-state index in [1.165, 1.54) is 6.21 Å². The molecule has 3 aromatic rings. The van der Waals surface area contributed by atoms with Crippen LogP contribution in [0, 0.1) is 5.92 Å². The number of likely N-dealkylation sites (tertiary alicyclic amines) is 1. The van der Waals surface area contributed by atoms with Gasteiger partial charge in [-0.05, 0) is 29.0 Å². The van der Waals surface area contributed by atoms with E-state index in [4.69, 9.17) is 4.42 Å². The molecule has 142 valence electrons. The Kier molecular flexibility index (Phi) is 4.80. The highest BCUT2D eigenvalue weighted by Crippen LogP contribution is 2.25.